The summed E-state index contributed by atoms with van der Waals surface area (Å²) in [6.45, 7) is 2.79. The minimum absolute atomic E-state index is 0.216. The summed E-state index contributed by atoms with van der Waals surface area (Å²) in [5.74, 6) is 0.361. The van der Waals surface area contributed by atoms with Crippen LogP contribution in [-0.4, -0.2) is 60.0 Å². The number of carbonyl (C=O) groups is 2. The molecule has 1 saturated heterocycles. The fourth-order valence-corrected chi connectivity index (χ4v) is 3.17. The van der Waals surface area contributed by atoms with Crippen molar-refractivity contribution in [3.05, 3.63) is 58.4 Å². The molecule has 2 heterocycles. The molecule has 0 aliphatic carbocycles. The van der Waals surface area contributed by atoms with Gasteiger partial charge in [0.2, 0.25) is 0 Å². The monoisotopic (exact) mass is 414 g/mol. The van der Waals surface area contributed by atoms with Crippen molar-refractivity contribution in [3.63, 3.8) is 0 Å². The van der Waals surface area contributed by atoms with Crippen LogP contribution in [0.2, 0.25) is 0 Å². The molecular weight excluding hydrogens is 388 g/mol. The van der Waals surface area contributed by atoms with E-state index < -0.39 is 0 Å². The molecule has 1 fully saturated rings. The number of rotatable bonds is 7. The maximum atomic E-state index is 12.3. The number of anilines is 1. The highest BCUT2D eigenvalue weighted by atomic mass is 16.6. The number of amides is 1. The highest BCUT2D eigenvalue weighted by Gasteiger charge is 2.23. The topological polar surface area (TPSA) is 94.0 Å². The lowest BCUT2D eigenvalue weighted by Gasteiger charge is -2.34. The molecule has 0 spiro atoms. The fraction of sp³-hybridized carbons (Fsp3) is 0.429. The van der Waals surface area contributed by atoms with Gasteiger partial charge in [0, 0.05) is 45.2 Å². The molecule has 1 aromatic heterocycles. The quantitative estimate of drug-likeness (QED) is 0.636. The van der Waals surface area contributed by atoms with Gasteiger partial charge in [-0.3, -0.25) is 9.59 Å². The number of piperazine rings is 1. The fourth-order valence-electron chi connectivity index (χ4n) is 3.17. The number of ether oxygens (including phenoxy) is 2. The molecule has 160 valence electrons. The van der Waals surface area contributed by atoms with Crippen molar-refractivity contribution in [2.45, 2.75) is 26.0 Å². The Bertz CT molecular complexity index is 907. The number of carbonyl (C=O) groups excluding carboxylic acids is 2. The van der Waals surface area contributed by atoms with Gasteiger partial charge in [0.05, 0.1) is 7.11 Å². The van der Waals surface area contributed by atoms with Crippen LogP contribution in [-0.2, 0) is 27.4 Å². The molecule has 9 nitrogen and oxygen atoms in total. The summed E-state index contributed by atoms with van der Waals surface area (Å²) in [5.41, 5.74) is 0.731. The number of hydrogen-bond donors (Lipinski definition) is 0. The van der Waals surface area contributed by atoms with Crippen LogP contribution in [0.3, 0.4) is 0 Å². The summed E-state index contributed by atoms with van der Waals surface area (Å²) >= 11 is 0. The normalized spacial score (nSPS) is 13.8. The lowest BCUT2D eigenvalue weighted by molar-refractivity contribution is -0.140. The SMILES string of the molecule is COC(=O)CCCn1nc(N2CCN(C(=O)OCc3ccccc3)CC2)ccc1=O. The number of nitrogens with zero attached hydrogens (tertiary/aromatic N) is 4. The van der Waals surface area contributed by atoms with Gasteiger partial charge in [-0.05, 0) is 18.1 Å². The van der Waals surface area contributed by atoms with Crippen molar-refractivity contribution in [2.24, 2.45) is 0 Å². The predicted molar refractivity (Wildman–Crippen MR) is 110 cm³/mol. The van der Waals surface area contributed by atoms with E-state index >= 15 is 0 Å². The number of hydrogen-bond acceptors (Lipinski definition) is 7. The molecular formula is C21H26N4O5. The first-order chi connectivity index (χ1) is 14.6. The van der Waals surface area contributed by atoms with Gasteiger partial charge < -0.3 is 19.3 Å². The van der Waals surface area contributed by atoms with Crippen LogP contribution in [0.4, 0.5) is 10.6 Å². The van der Waals surface area contributed by atoms with Crippen LogP contribution in [0.5, 0.6) is 0 Å². The molecule has 0 radical (unpaired) electrons. The minimum atomic E-state index is -0.334. The van der Waals surface area contributed by atoms with Gasteiger partial charge in [0.25, 0.3) is 5.56 Å². The molecule has 2 aromatic rings. The van der Waals surface area contributed by atoms with Gasteiger partial charge in [-0.1, -0.05) is 30.3 Å². The summed E-state index contributed by atoms with van der Waals surface area (Å²) in [4.78, 5) is 39.3. The second kappa shape index (κ2) is 10.4. The van der Waals surface area contributed by atoms with Gasteiger partial charge in [-0.2, -0.15) is 5.10 Å². The maximum Gasteiger partial charge on any atom is 0.410 e. The summed E-state index contributed by atoms with van der Waals surface area (Å²) in [6.07, 6.45) is 0.377. The molecule has 1 aromatic carbocycles. The van der Waals surface area contributed by atoms with Crippen LogP contribution >= 0.6 is 0 Å². The number of aryl methyl sites for hydroxylation is 1. The average Bonchev–Trinajstić information content (AvgIpc) is 2.79. The number of benzene rings is 1. The van der Waals surface area contributed by atoms with Crippen LogP contribution < -0.4 is 10.5 Å². The Kier molecular flexibility index (Phi) is 7.42. The predicted octanol–water partition coefficient (Wildman–Crippen LogP) is 1.66. The van der Waals surface area contributed by atoms with Crippen molar-refractivity contribution >= 4 is 17.9 Å². The molecule has 1 amide bonds. The van der Waals surface area contributed by atoms with Gasteiger partial charge in [-0.15, -0.1) is 0 Å². The summed E-state index contributed by atoms with van der Waals surface area (Å²) in [7, 11) is 1.34. The Labute approximate surface area is 174 Å². The first-order valence-corrected chi connectivity index (χ1v) is 9.92. The highest BCUT2D eigenvalue weighted by Crippen LogP contribution is 2.13. The zero-order valence-corrected chi connectivity index (χ0v) is 17.0. The molecule has 1 aliphatic rings. The van der Waals surface area contributed by atoms with E-state index in [-0.39, 0.29) is 30.6 Å². The van der Waals surface area contributed by atoms with Crippen molar-refractivity contribution in [3.8, 4) is 0 Å². The van der Waals surface area contributed by atoms with E-state index in [1.165, 1.54) is 17.9 Å². The molecule has 1 aliphatic heterocycles. The lowest BCUT2D eigenvalue weighted by Crippen LogP contribution is -2.49. The highest BCUT2D eigenvalue weighted by molar-refractivity contribution is 5.69. The summed E-state index contributed by atoms with van der Waals surface area (Å²) < 4.78 is 11.4. The van der Waals surface area contributed by atoms with E-state index in [2.05, 4.69) is 9.84 Å². The van der Waals surface area contributed by atoms with Gasteiger partial charge in [0.1, 0.15) is 12.4 Å². The molecule has 0 unspecified atom stereocenters. The van der Waals surface area contributed by atoms with Crippen molar-refractivity contribution < 1.29 is 19.1 Å². The van der Waals surface area contributed by atoms with Gasteiger partial charge in [0.15, 0.2) is 0 Å². The first-order valence-electron chi connectivity index (χ1n) is 9.92. The van der Waals surface area contributed by atoms with Gasteiger partial charge >= 0.3 is 12.1 Å². The van der Waals surface area contributed by atoms with Crippen LogP contribution in [0, 0.1) is 0 Å². The van der Waals surface area contributed by atoms with Crippen molar-refractivity contribution in [1.82, 2.24) is 14.7 Å². The third kappa shape index (κ3) is 5.82. The van der Waals surface area contributed by atoms with E-state index in [4.69, 9.17) is 4.74 Å². The van der Waals surface area contributed by atoms with Crippen LogP contribution in [0.15, 0.2) is 47.3 Å². The Hall–Kier alpha value is -3.36. The number of aromatic nitrogens is 2. The minimum Gasteiger partial charge on any atom is -0.469 e. The van der Waals surface area contributed by atoms with Gasteiger partial charge in [-0.25, -0.2) is 9.48 Å². The lowest BCUT2D eigenvalue weighted by atomic mass is 10.2. The Morgan fingerprint density at radius 2 is 1.77 bits per heavy atom. The third-order valence-electron chi connectivity index (χ3n) is 4.90. The number of esters is 1. The molecule has 9 heteroatoms. The van der Waals surface area contributed by atoms with E-state index in [1.807, 2.05) is 35.2 Å². The Morgan fingerprint density at radius 3 is 2.47 bits per heavy atom. The number of methoxy groups -OCH3 is 1. The van der Waals surface area contributed by atoms with E-state index in [0.717, 1.165) is 5.56 Å². The molecule has 0 N–H and O–H groups in total. The second-order valence-electron chi connectivity index (χ2n) is 6.95. The van der Waals surface area contributed by atoms with Crippen LogP contribution in [0.1, 0.15) is 18.4 Å². The molecule has 0 saturated carbocycles. The first kappa shape index (κ1) is 21.4. The largest absolute Gasteiger partial charge is 0.469 e. The third-order valence-corrected chi connectivity index (χ3v) is 4.90. The molecule has 30 heavy (non-hydrogen) atoms. The van der Waals surface area contributed by atoms with E-state index in [9.17, 15) is 14.4 Å². The van der Waals surface area contributed by atoms with E-state index in [1.54, 1.807) is 11.0 Å². The maximum absolute atomic E-state index is 12.3. The van der Waals surface area contributed by atoms with Crippen LogP contribution in [0.25, 0.3) is 0 Å². The molecule has 0 bridgehead atoms. The standard InChI is InChI=1S/C21H26N4O5/c1-29-20(27)8-5-11-25-19(26)10-9-18(22-25)23-12-14-24(15-13-23)21(28)30-16-17-6-3-2-4-7-17/h2-4,6-7,9-10H,5,8,11-16H2,1H3. The zero-order valence-electron chi connectivity index (χ0n) is 17.0. The second-order valence-corrected chi connectivity index (χ2v) is 6.95. The summed E-state index contributed by atoms with van der Waals surface area (Å²) in [5, 5.41) is 4.41. The van der Waals surface area contributed by atoms with Crippen molar-refractivity contribution in [1.29, 1.82) is 0 Å². The smallest absolute Gasteiger partial charge is 0.410 e. The summed E-state index contributed by atoms with van der Waals surface area (Å²) in [6, 6.07) is 12.7. The Balaban J connectivity index is 1.50. The molecule has 0 atom stereocenters. The molecule has 3 rings (SSSR count). The van der Waals surface area contributed by atoms with Crippen molar-refractivity contribution in [2.75, 3.05) is 38.2 Å². The average molecular weight is 414 g/mol. The van der Waals surface area contributed by atoms with E-state index in [0.29, 0.717) is 45.0 Å². The zero-order chi connectivity index (χ0) is 21.3. The Morgan fingerprint density at radius 1 is 1.03 bits per heavy atom.